The molecule has 0 saturated carbocycles. The number of rotatable bonds is 8. The Morgan fingerprint density at radius 2 is 1.73 bits per heavy atom. The van der Waals surface area contributed by atoms with Crippen LogP contribution in [0, 0.1) is 11.6 Å². The molecule has 0 radical (unpaired) electrons. The van der Waals surface area contributed by atoms with Crippen molar-refractivity contribution in [3.8, 4) is 22.8 Å². The smallest absolute Gasteiger partial charge is 0.217 e. The Bertz CT molecular complexity index is 1590. The summed E-state index contributed by atoms with van der Waals surface area (Å²) in [7, 11) is 3.17. The van der Waals surface area contributed by atoms with Crippen LogP contribution in [-0.4, -0.2) is 28.8 Å². The zero-order chi connectivity index (χ0) is 26.1. The summed E-state index contributed by atoms with van der Waals surface area (Å²) in [6.45, 7) is 0. The maximum absolute atomic E-state index is 14.4. The molecule has 2 aromatic heterocycles. The number of aromatic nitrogens is 3. The summed E-state index contributed by atoms with van der Waals surface area (Å²) >= 11 is 15.2. The van der Waals surface area contributed by atoms with Crippen molar-refractivity contribution in [3.05, 3.63) is 92.3 Å². The lowest BCUT2D eigenvalue weighted by molar-refractivity contribution is 0.354. The third kappa shape index (κ3) is 5.13. The van der Waals surface area contributed by atoms with Crippen molar-refractivity contribution in [2.45, 2.75) is 17.3 Å². The number of methoxy groups -OCH3 is 2. The Balaban J connectivity index is 1.60. The van der Waals surface area contributed by atoms with Gasteiger partial charge in [-0.3, -0.25) is 4.40 Å². The molecular formula is C26H19Cl2F2N3O2S2. The lowest BCUT2D eigenvalue weighted by atomic mass is 10.1. The van der Waals surface area contributed by atoms with E-state index in [0.29, 0.717) is 44.2 Å². The SMILES string of the molecule is COc1ccc(Cc2sc3nnc(SCc4c(F)cccc4Cl)n3c2-c2ccc(F)c(Cl)c2)cc1OC. The summed E-state index contributed by atoms with van der Waals surface area (Å²) < 4.78 is 41.1. The Hall–Kier alpha value is -2.85. The predicted octanol–water partition coefficient (Wildman–Crippen LogP) is 7.94. The average molecular weight is 578 g/mol. The van der Waals surface area contributed by atoms with Gasteiger partial charge in [0.2, 0.25) is 4.96 Å². The van der Waals surface area contributed by atoms with Crippen LogP contribution < -0.4 is 9.47 Å². The van der Waals surface area contributed by atoms with Crippen molar-refractivity contribution < 1.29 is 18.3 Å². The van der Waals surface area contributed by atoms with Gasteiger partial charge < -0.3 is 9.47 Å². The van der Waals surface area contributed by atoms with Crippen LogP contribution in [0.5, 0.6) is 11.5 Å². The first-order chi connectivity index (χ1) is 17.9. The van der Waals surface area contributed by atoms with Gasteiger partial charge >= 0.3 is 0 Å². The second-order valence-corrected chi connectivity index (χ2v) is 10.8. The fraction of sp³-hybridized carbons (Fsp3) is 0.154. The number of nitrogens with zero attached hydrogens (tertiary/aromatic N) is 3. The first kappa shape index (κ1) is 25.8. The molecular weight excluding hydrogens is 559 g/mol. The van der Waals surface area contributed by atoms with Gasteiger partial charge in [-0.25, -0.2) is 8.78 Å². The van der Waals surface area contributed by atoms with Gasteiger partial charge in [0.15, 0.2) is 16.7 Å². The van der Waals surface area contributed by atoms with Gasteiger partial charge in [0, 0.05) is 33.2 Å². The van der Waals surface area contributed by atoms with E-state index in [-0.39, 0.29) is 16.6 Å². The van der Waals surface area contributed by atoms with Crippen molar-refractivity contribution >= 4 is 51.3 Å². The molecule has 11 heteroatoms. The largest absolute Gasteiger partial charge is 0.493 e. The second kappa shape index (κ2) is 10.9. The van der Waals surface area contributed by atoms with Gasteiger partial charge in [-0.15, -0.1) is 10.2 Å². The van der Waals surface area contributed by atoms with E-state index in [1.54, 1.807) is 38.5 Å². The minimum atomic E-state index is -0.508. The van der Waals surface area contributed by atoms with Crippen LogP contribution in [0.4, 0.5) is 8.78 Å². The Kier molecular flexibility index (Phi) is 7.57. The summed E-state index contributed by atoms with van der Waals surface area (Å²) in [5.41, 5.74) is 2.86. The first-order valence-electron chi connectivity index (χ1n) is 11.0. The number of ether oxygens (including phenoxy) is 2. The fourth-order valence-electron chi connectivity index (χ4n) is 3.93. The molecule has 5 rings (SSSR count). The summed E-state index contributed by atoms with van der Waals surface area (Å²) in [4.78, 5) is 1.61. The fourth-order valence-corrected chi connectivity index (χ4v) is 6.56. The minimum Gasteiger partial charge on any atom is -0.493 e. The van der Waals surface area contributed by atoms with Crippen LogP contribution in [0.3, 0.4) is 0 Å². The van der Waals surface area contributed by atoms with Gasteiger partial charge in [-0.1, -0.05) is 58.4 Å². The normalized spacial score (nSPS) is 11.3. The lowest BCUT2D eigenvalue weighted by Crippen LogP contribution is -1.97. The van der Waals surface area contributed by atoms with Crippen molar-refractivity contribution in [3.63, 3.8) is 0 Å². The molecule has 0 spiro atoms. The van der Waals surface area contributed by atoms with Gasteiger partial charge in [0.25, 0.3) is 0 Å². The molecule has 190 valence electrons. The molecule has 0 fully saturated rings. The molecule has 0 aliphatic carbocycles. The number of hydrogen-bond acceptors (Lipinski definition) is 6. The van der Waals surface area contributed by atoms with Crippen molar-refractivity contribution in [2.24, 2.45) is 0 Å². The first-order valence-corrected chi connectivity index (χ1v) is 13.5. The monoisotopic (exact) mass is 577 g/mol. The van der Waals surface area contributed by atoms with E-state index in [0.717, 1.165) is 16.1 Å². The molecule has 0 aliphatic heterocycles. The Morgan fingerprint density at radius 3 is 2.46 bits per heavy atom. The average Bonchev–Trinajstić information content (AvgIpc) is 3.44. The van der Waals surface area contributed by atoms with E-state index >= 15 is 0 Å². The third-order valence-electron chi connectivity index (χ3n) is 5.72. The van der Waals surface area contributed by atoms with E-state index in [4.69, 9.17) is 32.7 Å². The maximum Gasteiger partial charge on any atom is 0.217 e. The number of hydrogen-bond donors (Lipinski definition) is 0. The molecule has 0 amide bonds. The minimum absolute atomic E-state index is 0.00864. The van der Waals surface area contributed by atoms with Crippen LogP contribution in [-0.2, 0) is 12.2 Å². The molecule has 0 bridgehead atoms. The predicted molar refractivity (Wildman–Crippen MR) is 145 cm³/mol. The number of thiazole rings is 1. The van der Waals surface area contributed by atoms with Crippen LogP contribution in [0.25, 0.3) is 16.2 Å². The van der Waals surface area contributed by atoms with E-state index in [9.17, 15) is 8.78 Å². The standard InChI is InChI=1S/C26H19Cl2F2N3O2S2/c1-34-21-9-6-14(10-22(21)35-2)11-23-24(15-7-8-20(30)18(28)12-15)33-25(31-32-26(33)37-23)36-13-16-17(27)4-3-5-19(16)29/h3-10,12H,11,13H2,1-2H3. The number of fused-ring (bicyclic) bond motifs is 1. The topological polar surface area (TPSA) is 48.7 Å². The van der Waals surface area contributed by atoms with Crippen molar-refractivity contribution in [1.29, 1.82) is 0 Å². The van der Waals surface area contributed by atoms with E-state index < -0.39 is 5.82 Å². The van der Waals surface area contributed by atoms with Gasteiger partial charge in [-0.2, -0.15) is 0 Å². The van der Waals surface area contributed by atoms with Crippen LogP contribution in [0.2, 0.25) is 10.0 Å². The highest BCUT2D eigenvalue weighted by molar-refractivity contribution is 7.98. The summed E-state index contributed by atoms with van der Waals surface area (Å²) in [5.74, 6) is 0.619. The lowest BCUT2D eigenvalue weighted by Gasteiger charge is -2.11. The molecule has 5 aromatic rings. The highest BCUT2D eigenvalue weighted by Crippen LogP contribution is 2.39. The molecule has 3 aromatic carbocycles. The Morgan fingerprint density at radius 1 is 0.919 bits per heavy atom. The van der Waals surface area contributed by atoms with Crippen LogP contribution in [0.1, 0.15) is 16.0 Å². The third-order valence-corrected chi connectivity index (χ3v) is 8.35. The molecule has 0 atom stereocenters. The van der Waals surface area contributed by atoms with E-state index in [2.05, 4.69) is 10.2 Å². The van der Waals surface area contributed by atoms with Gasteiger partial charge in [0.1, 0.15) is 11.6 Å². The molecule has 0 saturated heterocycles. The van der Waals surface area contributed by atoms with E-state index in [1.807, 2.05) is 22.6 Å². The summed E-state index contributed by atoms with van der Waals surface area (Å²) in [6, 6.07) is 14.9. The summed E-state index contributed by atoms with van der Waals surface area (Å²) in [5, 5.41) is 9.60. The van der Waals surface area contributed by atoms with Crippen molar-refractivity contribution in [1.82, 2.24) is 14.6 Å². The van der Waals surface area contributed by atoms with Crippen LogP contribution >= 0.6 is 46.3 Å². The quantitative estimate of drug-likeness (QED) is 0.175. The summed E-state index contributed by atoms with van der Waals surface area (Å²) in [6.07, 6.45) is 0.544. The highest BCUT2D eigenvalue weighted by Gasteiger charge is 2.22. The van der Waals surface area contributed by atoms with Crippen LogP contribution in [0.15, 0.2) is 59.8 Å². The second-order valence-electron chi connectivity index (χ2n) is 7.96. The van der Waals surface area contributed by atoms with Gasteiger partial charge in [0.05, 0.1) is 24.9 Å². The molecule has 0 N–H and O–H groups in total. The maximum atomic E-state index is 14.4. The number of benzene rings is 3. The molecule has 0 unspecified atom stereocenters. The molecule has 0 aliphatic rings. The number of thioether (sulfide) groups is 1. The zero-order valence-electron chi connectivity index (χ0n) is 19.6. The highest BCUT2D eigenvalue weighted by atomic mass is 35.5. The molecule has 2 heterocycles. The van der Waals surface area contributed by atoms with Crippen molar-refractivity contribution in [2.75, 3.05) is 14.2 Å². The zero-order valence-corrected chi connectivity index (χ0v) is 22.7. The Labute approximate surface area is 230 Å². The van der Waals surface area contributed by atoms with Gasteiger partial charge in [-0.05, 0) is 48.0 Å². The van der Waals surface area contributed by atoms with E-state index in [1.165, 1.54) is 35.2 Å². The molecule has 37 heavy (non-hydrogen) atoms. The number of halogens is 4. The molecule has 5 nitrogen and oxygen atoms in total.